The summed E-state index contributed by atoms with van der Waals surface area (Å²) in [6.45, 7) is 2.03. The minimum Gasteiger partial charge on any atom is -0.350 e. The summed E-state index contributed by atoms with van der Waals surface area (Å²) in [5.74, 6) is -1.19. The van der Waals surface area contributed by atoms with Crippen molar-refractivity contribution < 1.29 is 14.0 Å². The third-order valence-corrected chi connectivity index (χ3v) is 6.38. The van der Waals surface area contributed by atoms with Gasteiger partial charge in [0, 0.05) is 12.2 Å². The van der Waals surface area contributed by atoms with Crippen LogP contribution in [0.15, 0.2) is 103 Å². The van der Waals surface area contributed by atoms with E-state index in [9.17, 15) is 14.0 Å². The van der Waals surface area contributed by atoms with Crippen molar-refractivity contribution in [2.24, 2.45) is 0 Å². The first-order valence-electron chi connectivity index (χ1n) is 12.2. The van der Waals surface area contributed by atoms with Crippen LogP contribution in [-0.4, -0.2) is 26.8 Å². The van der Waals surface area contributed by atoms with Crippen LogP contribution in [-0.2, 0) is 22.7 Å². The van der Waals surface area contributed by atoms with Gasteiger partial charge in [0.25, 0.3) is 0 Å². The van der Waals surface area contributed by atoms with Gasteiger partial charge in [0.05, 0.1) is 5.52 Å². The lowest BCUT2D eigenvalue weighted by molar-refractivity contribution is -0.127. The zero-order valence-corrected chi connectivity index (χ0v) is 20.8. The van der Waals surface area contributed by atoms with Crippen molar-refractivity contribution in [2.45, 2.75) is 26.1 Å². The normalized spacial score (nSPS) is 11.7. The van der Waals surface area contributed by atoms with Crippen molar-refractivity contribution >= 4 is 28.5 Å². The Morgan fingerprint density at radius 2 is 1.58 bits per heavy atom. The highest BCUT2D eigenvalue weighted by Gasteiger charge is 2.34. The van der Waals surface area contributed by atoms with Gasteiger partial charge in [-0.15, -0.1) is 5.10 Å². The van der Waals surface area contributed by atoms with Crippen molar-refractivity contribution in [3.63, 3.8) is 0 Å². The fourth-order valence-corrected chi connectivity index (χ4v) is 4.45. The summed E-state index contributed by atoms with van der Waals surface area (Å²) in [6.07, 6.45) is 0. The van der Waals surface area contributed by atoms with Crippen LogP contribution in [0.2, 0.25) is 0 Å². The standard InChI is InChI=1S/C30H26FN5O2/c1-21-9-5-6-12-25(21)29(30(38)32-19-22-10-3-2-4-11-22)36(24-17-15-23(31)16-18-24)28(37)20-35-27-14-8-7-13-26(27)33-34-35/h2-18,29H,19-20H2,1H3,(H,32,38)/t29-/m1/s1. The van der Waals surface area contributed by atoms with E-state index in [0.717, 1.165) is 11.1 Å². The van der Waals surface area contributed by atoms with E-state index >= 15 is 0 Å². The summed E-state index contributed by atoms with van der Waals surface area (Å²) in [4.78, 5) is 29.3. The smallest absolute Gasteiger partial charge is 0.249 e. The van der Waals surface area contributed by atoms with Crippen molar-refractivity contribution in [2.75, 3.05) is 4.90 Å². The molecule has 8 heteroatoms. The maximum Gasteiger partial charge on any atom is 0.249 e. The Hall–Kier alpha value is -4.85. The lowest BCUT2D eigenvalue weighted by atomic mass is 9.98. The number of carbonyl (C=O) groups is 2. The average Bonchev–Trinajstić information content (AvgIpc) is 3.35. The van der Waals surface area contributed by atoms with Gasteiger partial charge in [-0.3, -0.25) is 14.5 Å². The monoisotopic (exact) mass is 507 g/mol. The first-order chi connectivity index (χ1) is 18.5. The number of benzene rings is 4. The van der Waals surface area contributed by atoms with E-state index in [1.54, 1.807) is 0 Å². The van der Waals surface area contributed by atoms with Gasteiger partial charge in [0.1, 0.15) is 23.9 Å². The summed E-state index contributed by atoms with van der Waals surface area (Å²) in [5, 5.41) is 11.3. The molecule has 0 aliphatic heterocycles. The van der Waals surface area contributed by atoms with Crippen LogP contribution in [0.25, 0.3) is 11.0 Å². The lowest BCUT2D eigenvalue weighted by Gasteiger charge is -2.32. The van der Waals surface area contributed by atoms with Gasteiger partial charge >= 0.3 is 0 Å². The SMILES string of the molecule is Cc1ccccc1[C@H](C(=O)NCc1ccccc1)N(C(=O)Cn1nnc2ccccc21)c1ccc(F)cc1. The Morgan fingerprint density at radius 1 is 0.895 bits per heavy atom. The molecule has 7 nitrogen and oxygen atoms in total. The number of rotatable bonds is 8. The largest absolute Gasteiger partial charge is 0.350 e. The first kappa shape index (κ1) is 24.8. The zero-order chi connectivity index (χ0) is 26.5. The molecule has 2 amide bonds. The quantitative estimate of drug-likeness (QED) is 0.322. The van der Waals surface area contributed by atoms with Crippen LogP contribution >= 0.6 is 0 Å². The average molecular weight is 508 g/mol. The van der Waals surface area contributed by atoms with E-state index in [0.29, 0.717) is 28.8 Å². The molecule has 5 rings (SSSR count). The number of anilines is 1. The van der Waals surface area contributed by atoms with Crippen LogP contribution in [0.4, 0.5) is 10.1 Å². The molecule has 0 saturated carbocycles. The third-order valence-electron chi connectivity index (χ3n) is 6.38. The highest BCUT2D eigenvalue weighted by atomic mass is 19.1. The van der Waals surface area contributed by atoms with Gasteiger partial charge in [-0.2, -0.15) is 0 Å². The summed E-state index contributed by atoms with van der Waals surface area (Å²) < 4.78 is 15.4. The molecule has 1 aromatic heterocycles. The van der Waals surface area contributed by atoms with Gasteiger partial charge in [-0.25, -0.2) is 9.07 Å². The van der Waals surface area contributed by atoms with Gasteiger partial charge < -0.3 is 5.32 Å². The number of para-hydroxylation sites is 1. The second-order valence-corrected chi connectivity index (χ2v) is 8.94. The van der Waals surface area contributed by atoms with E-state index in [1.165, 1.54) is 33.8 Å². The number of hydrogen-bond donors (Lipinski definition) is 1. The minimum atomic E-state index is -1.01. The Labute approximate surface area is 219 Å². The van der Waals surface area contributed by atoms with Gasteiger partial charge in [-0.05, 0) is 60.0 Å². The highest BCUT2D eigenvalue weighted by Crippen LogP contribution is 2.31. The molecule has 38 heavy (non-hydrogen) atoms. The number of nitrogens with zero attached hydrogens (tertiary/aromatic N) is 4. The first-order valence-corrected chi connectivity index (χ1v) is 12.2. The van der Waals surface area contributed by atoms with E-state index in [2.05, 4.69) is 15.6 Å². The van der Waals surface area contributed by atoms with Crippen LogP contribution < -0.4 is 10.2 Å². The zero-order valence-electron chi connectivity index (χ0n) is 20.8. The van der Waals surface area contributed by atoms with Crippen molar-refractivity contribution in [1.82, 2.24) is 20.3 Å². The second-order valence-electron chi connectivity index (χ2n) is 8.94. The molecule has 0 bridgehead atoms. The lowest BCUT2D eigenvalue weighted by Crippen LogP contribution is -2.45. The van der Waals surface area contributed by atoms with Gasteiger partial charge in [0.15, 0.2) is 0 Å². The number of amides is 2. The Morgan fingerprint density at radius 3 is 2.34 bits per heavy atom. The number of halogens is 1. The number of carbonyl (C=O) groups excluding carboxylic acids is 2. The van der Waals surface area contributed by atoms with Gasteiger partial charge in [-0.1, -0.05) is 71.9 Å². The Balaban J connectivity index is 1.56. The van der Waals surface area contributed by atoms with Crippen molar-refractivity contribution in [3.05, 3.63) is 126 Å². The number of nitrogens with one attached hydrogen (secondary N) is 1. The predicted molar refractivity (Wildman–Crippen MR) is 144 cm³/mol. The fourth-order valence-electron chi connectivity index (χ4n) is 4.45. The van der Waals surface area contributed by atoms with Crippen molar-refractivity contribution in [1.29, 1.82) is 0 Å². The molecule has 0 aliphatic rings. The molecule has 1 N–H and O–H groups in total. The van der Waals surface area contributed by atoms with Crippen molar-refractivity contribution in [3.8, 4) is 0 Å². The third kappa shape index (κ3) is 5.29. The summed E-state index contributed by atoms with van der Waals surface area (Å²) in [6, 6.07) is 28.9. The molecule has 0 saturated heterocycles. The van der Waals surface area contributed by atoms with Crippen LogP contribution in [0.5, 0.6) is 0 Å². The molecule has 4 aromatic carbocycles. The number of aryl methyl sites for hydroxylation is 1. The molecule has 0 radical (unpaired) electrons. The molecule has 0 aliphatic carbocycles. The minimum absolute atomic E-state index is 0.160. The molecular weight excluding hydrogens is 481 g/mol. The molecule has 0 fully saturated rings. The molecule has 1 atom stereocenters. The maximum absolute atomic E-state index is 14.0. The summed E-state index contributed by atoms with van der Waals surface area (Å²) >= 11 is 0. The van der Waals surface area contributed by atoms with E-state index in [4.69, 9.17) is 0 Å². The van der Waals surface area contributed by atoms with E-state index in [-0.39, 0.29) is 12.5 Å². The molecule has 5 aromatic rings. The molecular formula is C30H26FN5O2. The second kappa shape index (κ2) is 11.0. The van der Waals surface area contributed by atoms with E-state index < -0.39 is 17.8 Å². The maximum atomic E-state index is 14.0. The molecule has 190 valence electrons. The molecule has 1 heterocycles. The molecule has 0 unspecified atom stereocenters. The Kier molecular flexibility index (Phi) is 7.21. The van der Waals surface area contributed by atoms with Crippen LogP contribution in [0.1, 0.15) is 22.7 Å². The Bertz CT molecular complexity index is 1570. The topological polar surface area (TPSA) is 80.1 Å². The number of aromatic nitrogens is 3. The van der Waals surface area contributed by atoms with Gasteiger partial charge in [0.2, 0.25) is 11.8 Å². The highest BCUT2D eigenvalue weighted by molar-refractivity contribution is 6.01. The van der Waals surface area contributed by atoms with Crippen LogP contribution in [0, 0.1) is 12.7 Å². The predicted octanol–water partition coefficient (Wildman–Crippen LogP) is 4.97. The van der Waals surface area contributed by atoms with E-state index in [1.807, 2.05) is 85.8 Å². The number of hydrogen-bond acceptors (Lipinski definition) is 4. The van der Waals surface area contributed by atoms with Crippen LogP contribution in [0.3, 0.4) is 0 Å². The fraction of sp³-hybridized carbons (Fsp3) is 0.133. The molecule has 0 spiro atoms. The summed E-state index contributed by atoms with van der Waals surface area (Å²) in [7, 11) is 0. The number of fused-ring (bicyclic) bond motifs is 1. The summed E-state index contributed by atoms with van der Waals surface area (Å²) in [5.41, 5.74) is 4.19.